The highest BCUT2D eigenvalue weighted by molar-refractivity contribution is 7.98. The van der Waals surface area contributed by atoms with Gasteiger partial charge in [-0.15, -0.1) is 0 Å². The highest BCUT2D eigenvalue weighted by Crippen LogP contribution is 2.17. The molecule has 0 spiro atoms. The van der Waals surface area contributed by atoms with Gasteiger partial charge in [0.1, 0.15) is 6.54 Å². The van der Waals surface area contributed by atoms with Crippen molar-refractivity contribution in [1.29, 1.82) is 0 Å². The van der Waals surface area contributed by atoms with Crippen molar-refractivity contribution in [3.05, 3.63) is 0 Å². The maximum Gasteiger partial charge on any atom is 0.334 e. The van der Waals surface area contributed by atoms with Crippen LogP contribution in [0.2, 0.25) is 0 Å². The number of nitrogens with one attached hydrogen (secondary N) is 1. The van der Waals surface area contributed by atoms with E-state index in [4.69, 9.17) is 0 Å². The molecule has 3 amide bonds. The van der Waals surface area contributed by atoms with Crippen LogP contribution >= 0.6 is 11.9 Å². The Bertz CT molecular complexity index is 282. The second-order valence-electron chi connectivity index (χ2n) is 5.36. The average molecular weight is 300 g/mol. The Hall–Kier alpha value is -0.710. The minimum Gasteiger partial charge on any atom is -0.328 e. The topological polar surface area (TPSA) is 49.4 Å². The molecule has 1 N–H and O–H groups in total. The maximum atomic E-state index is 11.3. The van der Waals surface area contributed by atoms with Crippen LogP contribution in [-0.4, -0.2) is 28.5 Å². The number of hydrogen-bond acceptors (Lipinski definition) is 3. The van der Waals surface area contributed by atoms with Crippen molar-refractivity contribution in [3.63, 3.8) is 0 Å². The van der Waals surface area contributed by atoms with Gasteiger partial charge in [0, 0.05) is 5.75 Å². The third-order valence-electron chi connectivity index (χ3n) is 3.52. The van der Waals surface area contributed by atoms with Gasteiger partial charge in [-0.3, -0.25) is 4.79 Å². The average Bonchev–Trinajstić information content (AvgIpc) is 2.76. The number of urea groups is 1. The van der Waals surface area contributed by atoms with E-state index in [0.29, 0.717) is 0 Å². The zero-order valence-electron chi connectivity index (χ0n) is 12.7. The monoisotopic (exact) mass is 300 g/mol. The molecule has 1 saturated heterocycles. The van der Waals surface area contributed by atoms with Crippen LogP contribution in [0.5, 0.6) is 0 Å². The number of amides is 3. The molecule has 0 aromatic heterocycles. The molecule has 0 atom stereocenters. The van der Waals surface area contributed by atoms with Crippen molar-refractivity contribution < 1.29 is 9.59 Å². The highest BCUT2D eigenvalue weighted by Gasteiger charge is 2.28. The summed E-state index contributed by atoms with van der Waals surface area (Å²) in [7, 11) is 0. The van der Waals surface area contributed by atoms with Crippen molar-refractivity contribution in [2.75, 3.05) is 12.3 Å². The summed E-state index contributed by atoms with van der Waals surface area (Å²) in [5.74, 6) is 0.738. The lowest BCUT2D eigenvalue weighted by atomic mass is 10.1. The van der Waals surface area contributed by atoms with E-state index in [1.807, 2.05) is 0 Å². The molecule has 1 aliphatic rings. The molecule has 1 rings (SSSR count). The van der Waals surface area contributed by atoms with Gasteiger partial charge in [-0.1, -0.05) is 64.7 Å². The molecule has 20 heavy (non-hydrogen) atoms. The lowest BCUT2D eigenvalue weighted by Gasteiger charge is -2.10. The molecule has 5 heteroatoms. The Morgan fingerprint density at radius 3 is 2.00 bits per heavy atom. The van der Waals surface area contributed by atoms with Gasteiger partial charge >= 0.3 is 6.03 Å². The van der Waals surface area contributed by atoms with Crippen LogP contribution in [0.3, 0.4) is 0 Å². The summed E-state index contributed by atoms with van der Waals surface area (Å²) in [6.45, 7) is 2.40. The summed E-state index contributed by atoms with van der Waals surface area (Å²) < 4.78 is 1.26. The first kappa shape index (κ1) is 17.3. The number of carbonyl (C=O) groups is 2. The first-order chi connectivity index (χ1) is 9.75. The molecular weight excluding hydrogens is 272 g/mol. The Balaban J connectivity index is 1.83. The third-order valence-corrected chi connectivity index (χ3v) is 4.62. The van der Waals surface area contributed by atoms with Gasteiger partial charge in [0.15, 0.2) is 0 Å². The van der Waals surface area contributed by atoms with E-state index >= 15 is 0 Å². The van der Waals surface area contributed by atoms with Crippen molar-refractivity contribution in [1.82, 2.24) is 9.62 Å². The van der Waals surface area contributed by atoms with E-state index in [-0.39, 0.29) is 18.5 Å². The lowest BCUT2D eigenvalue weighted by molar-refractivity contribution is -0.121. The van der Waals surface area contributed by atoms with Crippen molar-refractivity contribution in [2.24, 2.45) is 0 Å². The largest absolute Gasteiger partial charge is 0.334 e. The van der Waals surface area contributed by atoms with Crippen LogP contribution < -0.4 is 5.32 Å². The normalized spacial score (nSPS) is 14.9. The Morgan fingerprint density at radius 1 is 0.950 bits per heavy atom. The van der Waals surface area contributed by atoms with E-state index in [9.17, 15) is 9.59 Å². The molecule has 0 bridgehead atoms. The molecule has 4 nitrogen and oxygen atoms in total. The van der Waals surface area contributed by atoms with Gasteiger partial charge in [0.05, 0.1) is 0 Å². The molecule has 0 radical (unpaired) electrons. The SMILES string of the molecule is CCCCCCCCCCCCSN1C(=O)CNC1=O. The number of nitrogens with zero attached hydrogens (tertiary/aromatic N) is 1. The minimum absolute atomic E-state index is 0.118. The van der Waals surface area contributed by atoms with E-state index in [1.54, 1.807) is 0 Å². The zero-order chi connectivity index (χ0) is 14.6. The van der Waals surface area contributed by atoms with Gasteiger partial charge in [0.25, 0.3) is 5.91 Å². The van der Waals surface area contributed by atoms with Gasteiger partial charge in [-0.2, -0.15) is 0 Å². The fourth-order valence-electron chi connectivity index (χ4n) is 2.28. The van der Waals surface area contributed by atoms with Crippen molar-refractivity contribution >= 4 is 23.9 Å². The van der Waals surface area contributed by atoms with Crippen LogP contribution in [-0.2, 0) is 4.79 Å². The first-order valence-corrected chi connectivity index (χ1v) is 8.93. The molecule has 116 valence electrons. The third kappa shape index (κ3) is 7.17. The lowest BCUT2D eigenvalue weighted by Crippen LogP contribution is -2.24. The Labute approximate surface area is 127 Å². The van der Waals surface area contributed by atoms with Crippen LogP contribution in [0.1, 0.15) is 71.1 Å². The number of carbonyl (C=O) groups excluding carboxylic acids is 2. The van der Waals surface area contributed by atoms with Gasteiger partial charge < -0.3 is 5.32 Å². The summed E-state index contributed by atoms with van der Waals surface area (Å²) in [6.07, 6.45) is 13.1. The summed E-state index contributed by atoms with van der Waals surface area (Å²) in [5.41, 5.74) is 0. The second kappa shape index (κ2) is 11.0. The van der Waals surface area contributed by atoms with Gasteiger partial charge in [-0.05, 0) is 18.4 Å². The summed E-state index contributed by atoms with van der Waals surface area (Å²) >= 11 is 1.35. The van der Waals surface area contributed by atoms with Crippen LogP contribution in [0.15, 0.2) is 0 Å². The highest BCUT2D eigenvalue weighted by atomic mass is 32.2. The fraction of sp³-hybridized carbons (Fsp3) is 0.867. The standard InChI is InChI=1S/C15H28N2O2S/c1-2-3-4-5-6-7-8-9-10-11-12-20-17-14(18)13-16-15(17)19/h2-13H2,1H3,(H,16,19). The minimum atomic E-state index is -0.257. The molecule has 1 fully saturated rings. The molecular formula is C15H28N2O2S. The van der Waals surface area contributed by atoms with Crippen LogP contribution in [0, 0.1) is 0 Å². The molecule has 0 aromatic rings. The first-order valence-electron chi connectivity index (χ1n) is 7.99. The Morgan fingerprint density at radius 2 is 1.50 bits per heavy atom. The molecule has 1 heterocycles. The zero-order valence-corrected chi connectivity index (χ0v) is 13.5. The predicted molar refractivity (Wildman–Crippen MR) is 84.5 cm³/mol. The number of hydrogen-bond donors (Lipinski definition) is 1. The number of rotatable bonds is 12. The van der Waals surface area contributed by atoms with Crippen LogP contribution in [0.25, 0.3) is 0 Å². The van der Waals surface area contributed by atoms with E-state index in [2.05, 4.69) is 12.2 Å². The molecule has 1 aliphatic heterocycles. The van der Waals surface area contributed by atoms with E-state index in [1.165, 1.54) is 74.0 Å². The molecule has 0 saturated carbocycles. The fourth-order valence-corrected chi connectivity index (χ4v) is 3.19. The second-order valence-corrected chi connectivity index (χ2v) is 6.39. The quantitative estimate of drug-likeness (QED) is 0.335. The predicted octanol–water partition coefficient (Wildman–Crippen LogP) is 4.11. The number of imide groups is 1. The summed E-state index contributed by atoms with van der Waals surface area (Å²) in [6, 6.07) is -0.257. The van der Waals surface area contributed by atoms with E-state index < -0.39 is 0 Å². The van der Waals surface area contributed by atoms with E-state index in [0.717, 1.165) is 12.2 Å². The molecule has 0 aliphatic carbocycles. The molecule has 0 unspecified atom stereocenters. The summed E-state index contributed by atoms with van der Waals surface area (Å²) in [4.78, 5) is 22.6. The Kier molecular flexibility index (Phi) is 9.54. The number of unbranched alkanes of at least 4 members (excludes halogenated alkanes) is 9. The maximum absolute atomic E-state index is 11.3. The smallest absolute Gasteiger partial charge is 0.328 e. The van der Waals surface area contributed by atoms with Crippen LogP contribution in [0.4, 0.5) is 4.79 Å². The van der Waals surface area contributed by atoms with Gasteiger partial charge in [0.2, 0.25) is 0 Å². The van der Waals surface area contributed by atoms with Gasteiger partial charge in [-0.25, -0.2) is 9.10 Å². The summed E-state index contributed by atoms with van der Waals surface area (Å²) in [5, 5.41) is 2.53. The van der Waals surface area contributed by atoms with Crippen molar-refractivity contribution in [3.8, 4) is 0 Å². The molecule has 0 aromatic carbocycles. The van der Waals surface area contributed by atoms with Crippen molar-refractivity contribution in [2.45, 2.75) is 71.1 Å².